The van der Waals surface area contributed by atoms with Crippen LogP contribution in [0.1, 0.15) is 12.5 Å². The predicted octanol–water partition coefficient (Wildman–Crippen LogP) is 1.85. The first-order valence-electron chi connectivity index (χ1n) is 8.43. The third kappa shape index (κ3) is 6.73. The molecule has 1 saturated heterocycles. The number of amides is 1. The maximum Gasteiger partial charge on any atom is 0.344 e. The summed E-state index contributed by atoms with van der Waals surface area (Å²) in [6, 6.07) is 3.42. The average molecular weight is 547 g/mol. The topological polar surface area (TPSA) is 125 Å². The number of nitrogens with zero attached hydrogens (tertiary/aromatic N) is 2. The van der Waals surface area contributed by atoms with E-state index in [1.807, 2.05) is 22.6 Å². The molecule has 12 heteroatoms. The molecule has 160 valence electrons. The van der Waals surface area contributed by atoms with Crippen molar-refractivity contribution in [1.82, 2.24) is 5.32 Å². The zero-order chi connectivity index (χ0) is 22.1. The van der Waals surface area contributed by atoms with Crippen LogP contribution in [0.15, 0.2) is 33.3 Å². The molecular formula is C18H18IN3O7S. The second-order valence-corrected chi connectivity index (χ2v) is 7.56. The largest absolute Gasteiger partial charge is 0.493 e. The van der Waals surface area contributed by atoms with Gasteiger partial charge >= 0.3 is 11.9 Å². The fraction of sp³-hybridized carbons (Fsp3) is 0.278. The molecule has 0 atom stereocenters. The second-order valence-electron chi connectivity index (χ2n) is 5.37. The molecule has 1 N–H and O–H groups in total. The Hall–Kier alpha value is -2.61. The molecule has 1 amide bonds. The lowest BCUT2D eigenvalue weighted by Gasteiger charge is -2.12. The van der Waals surface area contributed by atoms with Gasteiger partial charge in [-0.05, 0) is 59.0 Å². The number of carbonyl (C=O) groups is 3. The van der Waals surface area contributed by atoms with Crippen molar-refractivity contribution < 1.29 is 33.3 Å². The Balaban J connectivity index is 2.10. The highest BCUT2D eigenvalue weighted by molar-refractivity contribution is 14.1. The Kier molecular flexibility index (Phi) is 9.11. The van der Waals surface area contributed by atoms with Crippen molar-refractivity contribution >= 4 is 63.6 Å². The van der Waals surface area contributed by atoms with Gasteiger partial charge in [-0.3, -0.25) is 10.1 Å². The first kappa shape index (κ1) is 23.7. The number of thioether (sulfide) groups is 1. The smallest absolute Gasteiger partial charge is 0.344 e. The van der Waals surface area contributed by atoms with Gasteiger partial charge in [0.15, 0.2) is 23.3 Å². The number of nitrogens with one attached hydrogen (secondary N) is 1. The SMILES string of the molecule is CCOC(=O)COc1c(I)cc(C=N/N=C2/NC(=O)/C(=C\C(=O)OC)S2)cc1OC. The van der Waals surface area contributed by atoms with Gasteiger partial charge in [-0.2, -0.15) is 5.10 Å². The molecule has 0 saturated carbocycles. The molecule has 0 aliphatic carbocycles. The van der Waals surface area contributed by atoms with Gasteiger partial charge in [-0.1, -0.05) is 0 Å². The first-order valence-corrected chi connectivity index (χ1v) is 10.3. The quantitative estimate of drug-likeness (QED) is 0.172. The van der Waals surface area contributed by atoms with Crippen molar-refractivity contribution in [2.75, 3.05) is 27.4 Å². The molecule has 0 aromatic heterocycles. The van der Waals surface area contributed by atoms with E-state index in [4.69, 9.17) is 14.2 Å². The van der Waals surface area contributed by atoms with Gasteiger partial charge in [0.25, 0.3) is 5.91 Å². The highest BCUT2D eigenvalue weighted by atomic mass is 127. The van der Waals surface area contributed by atoms with Gasteiger partial charge in [0.05, 0.1) is 35.5 Å². The third-order valence-electron chi connectivity index (χ3n) is 3.35. The van der Waals surface area contributed by atoms with E-state index in [1.165, 1.54) is 20.4 Å². The van der Waals surface area contributed by atoms with Gasteiger partial charge in [-0.15, -0.1) is 5.10 Å². The minimum absolute atomic E-state index is 0.162. The van der Waals surface area contributed by atoms with Crippen LogP contribution in [0.4, 0.5) is 0 Å². The number of halogens is 1. The van der Waals surface area contributed by atoms with E-state index < -0.39 is 17.8 Å². The van der Waals surface area contributed by atoms with E-state index >= 15 is 0 Å². The number of ether oxygens (including phenoxy) is 4. The van der Waals surface area contributed by atoms with Crippen LogP contribution in [0, 0.1) is 3.57 Å². The standard InChI is InChI=1S/C18H18IN3O7S/c1-4-28-15(24)9-29-16-11(19)5-10(6-12(16)26-2)8-20-22-18-21-17(25)13(30-18)7-14(23)27-3/h5-8H,4,9H2,1-3H3,(H,21,22,25)/b13-7+,20-8?. The van der Waals surface area contributed by atoms with Crippen LogP contribution in [0.25, 0.3) is 0 Å². The maximum absolute atomic E-state index is 11.8. The molecular weight excluding hydrogens is 529 g/mol. The van der Waals surface area contributed by atoms with E-state index in [0.29, 0.717) is 20.6 Å². The number of hydrogen-bond acceptors (Lipinski definition) is 10. The lowest BCUT2D eigenvalue weighted by Crippen LogP contribution is -2.19. The van der Waals surface area contributed by atoms with Gasteiger partial charge in [-0.25, -0.2) is 9.59 Å². The van der Waals surface area contributed by atoms with Crippen molar-refractivity contribution in [1.29, 1.82) is 0 Å². The fourth-order valence-corrected chi connectivity index (χ4v) is 3.60. The van der Waals surface area contributed by atoms with Crippen molar-refractivity contribution in [2.45, 2.75) is 6.92 Å². The van der Waals surface area contributed by atoms with E-state index in [0.717, 1.165) is 17.8 Å². The summed E-state index contributed by atoms with van der Waals surface area (Å²) in [5, 5.41) is 10.6. The molecule has 0 radical (unpaired) electrons. The van der Waals surface area contributed by atoms with Crippen LogP contribution >= 0.6 is 34.4 Å². The van der Waals surface area contributed by atoms with E-state index in [2.05, 4.69) is 20.3 Å². The highest BCUT2D eigenvalue weighted by Gasteiger charge is 2.25. The van der Waals surface area contributed by atoms with Gasteiger partial charge in [0, 0.05) is 6.08 Å². The van der Waals surface area contributed by atoms with Gasteiger partial charge in [0.1, 0.15) is 0 Å². The minimum atomic E-state index is -0.635. The number of amidine groups is 1. The summed E-state index contributed by atoms with van der Waals surface area (Å²) in [6.07, 6.45) is 2.54. The summed E-state index contributed by atoms with van der Waals surface area (Å²) in [7, 11) is 2.70. The first-order chi connectivity index (χ1) is 14.4. The number of carbonyl (C=O) groups excluding carboxylic acids is 3. The monoisotopic (exact) mass is 547 g/mol. The zero-order valence-electron chi connectivity index (χ0n) is 16.3. The summed E-state index contributed by atoms with van der Waals surface area (Å²) in [5.41, 5.74) is 0.656. The van der Waals surface area contributed by atoms with E-state index in [1.54, 1.807) is 19.1 Å². The number of rotatable bonds is 8. The molecule has 1 heterocycles. The van der Waals surface area contributed by atoms with Crippen LogP contribution in [-0.2, 0) is 23.9 Å². The molecule has 1 aromatic rings. The van der Waals surface area contributed by atoms with Crippen LogP contribution < -0.4 is 14.8 Å². The normalized spacial score (nSPS) is 16.1. The van der Waals surface area contributed by atoms with E-state index in [-0.39, 0.29) is 23.3 Å². The molecule has 1 fully saturated rings. The minimum Gasteiger partial charge on any atom is -0.493 e. The second kappa shape index (κ2) is 11.5. The van der Waals surface area contributed by atoms with Crippen LogP contribution in [-0.4, -0.2) is 56.7 Å². The molecule has 1 aliphatic rings. The Morgan fingerprint density at radius 2 is 2.07 bits per heavy atom. The van der Waals surface area contributed by atoms with Crippen molar-refractivity contribution in [3.8, 4) is 11.5 Å². The van der Waals surface area contributed by atoms with Crippen LogP contribution in [0.2, 0.25) is 0 Å². The predicted molar refractivity (Wildman–Crippen MR) is 119 cm³/mol. The number of hydrogen-bond donors (Lipinski definition) is 1. The van der Waals surface area contributed by atoms with Crippen LogP contribution in [0.3, 0.4) is 0 Å². The summed E-state index contributed by atoms with van der Waals surface area (Å²) in [4.78, 5) is 34.7. The Labute approximate surface area is 190 Å². The lowest BCUT2D eigenvalue weighted by atomic mass is 10.2. The van der Waals surface area contributed by atoms with Crippen molar-refractivity contribution in [2.24, 2.45) is 10.2 Å². The Bertz CT molecular complexity index is 931. The molecule has 2 rings (SSSR count). The lowest BCUT2D eigenvalue weighted by molar-refractivity contribution is -0.145. The Morgan fingerprint density at radius 3 is 2.73 bits per heavy atom. The summed E-state index contributed by atoms with van der Waals surface area (Å²) < 4.78 is 20.9. The molecule has 1 aromatic carbocycles. The molecule has 10 nitrogen and oxygen atoms in total. The Morgan fingerprint density at radius 1 is 1.30 bits per heavy atom. The fourth-order valence-electron chi connectivity index (χ4n) is 2.08. The summed E-state index contributed by atoms with van der Waals surface area (Å²) in [6.45, 7) is 1.75. The van der Waals surface area contributed by atoms with Gasteiger partial charge in [0.2, 0.25) is 0 Å². The van der Waals surface area contributed by atoms with Gasteiger partial charge < -0.3 is 18.9 Å². The third-order valence-corrected chi connectivity index (χ3v) is 5.05. The number of methoxy groups -OCH3 is 2. The van der Waals surface area contributed by atoms with Crippen molar-refractivity contribution in [3.05, 3.63) is 32.2 Å². The van der Waals surface area contributed by atoms with E-state index in [9.17, 15) is 14.4 Å². The summed E-state index contributed by atoms with van der Waals surface area (Å²) >= 11 is 3.02. The number of benzene rings is 1. The number of esters is 2. The highest BCUT2D eigenvalue weighted by Crippen LogP contribution is 2.33. The molecule has 0 spiro atoms. The molecule has 30 heavy (non-hydrogen) atoms. The average Bonchev–Trinajstić information content (AvgIpc) is 3.05. The molecule has 0 bridgehead atoms. The van der Waals surface area contributed by atoms with Crippen molar-refractivity contribution in [3.63, 3.8) is 0 Å². The zero-order valence-corrected chi connectivity index (χ0v) is 19.2. The molecule has 1 aliphatic heterocycles. The maximum atomic E-state index is 11.8. The summed E-state index contributed by atoms with van der Waals surface area (Å²) in [5.74, 6) is -0.755. The molecule has 0 unspecified atom stereocenters. The van der Waals surface area contributed by atoms with Crippen LogP contribution in [0.5, 0.6) is 11.5 Å².